The lowest BCUT2D eigenvalue weighted by Gasteiger charge is -2.11. The van der Waals surface area contributed by atoms with E-state index in [4.69, 9.17) is 4.74 Å². The number of nitrogens with zero attached hydrogens (tertiary/aromatic N) is 1. The molecule has 0 spiro atoms. The van der Waals surface area contributed by atoms with Gasteiger partial charge in [-0.1, -0.05) is 44.0 Å². The predicted molar refractivity (Wildman–Crippen MR) is 109 cm³/mol. The molecule has 0 bridgehead atoms. The van der Waals surface area contributed by atoms with E-state index in [1.54, 1.807) is 12.1 Å². The quantitative estimate of drug-likeness (QED) is 0.487. The van der Waals surface area contributed by atoms with Crippen LogP contribution in [-0.2, 0) is 4.74 Å². The lowest BCUT2D eigenvalue weighted by molar-refractivity contribution is 0.0566. The first-order valence-corrected chi connectivity index (χ1v) is 9.72. The van der Waals surface area contributed by atoms with E-state index in [-0.39, 0.29) is 5.75 Å². The summed E-state index contributed by atoms with van der Waals surface area (Å²) in [5.41, 5.74) is 3.08. The molecule has 1 unspecified atom stereocenters. The summed E-state index contributed by atoms with van der Waals surface area (Å²) < 4.78 is 5.82. The molecule has 3 heteroatoms. The molecule has 140 valence electrons. The van der Waals surface area contributed by atoms with Gasteiger partial charge in [0.25, 0.3) is 0 Å². The fraction of sp³-hybridized carbons (Fsp3) is 0.435. The summed E-state index contributed by atoms with van der Waals surface area (Å²) in [6.07, 6.45) is 13.4. The van der Waals surface area contributed by atoms with Crippen molar-refractivity contribution in [3.8, 4) is 16.9 Å². The Morgan fingerprint density at radius 2 is 1.81 bits per heavy atom. The lowest BCUT2D eigenvalue weighted by Crippen LogP contribution is -2.08. The molecule has 0 aliphatic carbocycles. The van der Waals surface area contributed by atoms with Crippen molar-refractivity contribution >= 4 is 6.08 Å². The zero-order valence-electron chi connectivity index (χ0n) is 16.0. The molecule has 1 N–H and O–H groups in total. The molecular weight excluding hydrogens is 322 g/mol. The number of hydrogen-bond donors (Lipinski definition) is 1. The van der Waals surface area contributed by atoms with Crippen LogP contribution in [0.1, 0.15) is 58.1 Å². The van der Waals surface area contributed by atoms with Gasteiger partial charge in [0.2, 0.25) is 0 Å². The van der Waals surface area contributed by atoms with Gasteiger partial charge in [-0.3, -0.25) is 4.98 Å². The molecule has 26 heavy (non-hydrogen) atoms. The summed E-state index contributed by atoms with van der Waals surface area (Å²) in [6.45, 7) is 5.27. The minimum Gasteiger partial charge on any atom is -0.508 e. The summed E-state index contributed by atoms with van der Waals surface area (Å²) in [6, 6.07) is 11.3. The van der Waals surface area contributed by atoms with Gasteiger partial charge in [-0.05, 0) is 62.4 Å². The maximum atomic E-state index is 9.35. The van der Waals surface area contributed by atoms with Crippen molar-refractivity contribution in [2.45, 2.75) is 58.5 Å². The minimum atomic E-state index is 0.280. The molecule has 2 aromatic rings. The third-order valence-corrected chi connectivity index (χ3v) is 4.41. The number of benzene rings is 1. The van der Waals surface area contributed by atoms with Crippen LogP contribution >= 0.6 is 0 Å². The Morgan fingerprint density at radius 1 is 1.04 bits per heavy atom. The van der Waals surface area contributed by atoms with Crippen LogP contribution in [0.5, 0.6) is 5.75 Å². The zero-order valence-corrected chi connectivity index (χ0v) is 16.0. The molecule has 1 aromatic heterocycles. The number of aromatic nitrogens is 1. The fourth-order valence-corrected chi connectivity index (χ4v) is 2.78. The number of rotatable bonds is 11. The Labute approximate surface area is 157 Å². The van der Waals surface area contributed by atoms with Crippen LogP contribution in [0, 0.1) is 0 Å². The van der Waals surface area contributed by atoms with Crippen LogP contribution in [0.25, 0.3) is 17.2 Å². The van der Waals surface area contributed by atoms with Crippen molar-refractivity contribution in [2.24, 2.45) is 0 Å². The Kier molecular flexibility index (Phi) is 8.91. The Bertz CT molecular complexity index is 647. The fourth-order valence-electron chi connectivity index (χ4n) is 2.78. The molecule has 0 aliphatic heterocycles. The van der Waals surface area contributed by atoms with Crippen LogP contribution in [0.4, 0.5) is 0 Å². The number of phenolic OH excluding ortho intramolecular Hbond substituents is 1. The van der Waals surface area contributed by atoms with Crippen molar-refractivity contribution in [1.82, 2.24) is 4.98 Å². The first kappa shape index (κ1) is 20.2. The van der Waals surface area contributed by atoms with Gasteiger partial charge in [-0.15, -0.1) is 0 Å². The number of ether oxygens (including phenoxy) is 1. The summed E-state index contributed by atoms with van der Waals surface area (Å²) in [5.74, 6) is 0.280. The van der Waals surface area contributed by atoms with Crippen molar-refractivity contribution in [1.29, 1.82) is 0 Å². The predicted octanol–water partition coefficient (Wildman–Crippen LogP) is 6.23. The van der Waals surface area contributed by atoms with Gasteiger partial charge < -0.3 is 9.84 Å². The molecule has 0 saturated carbocycles. The third-order valence-electron chi connectivity index (χ3n) is 4.41. The maximum absolute atomic E-state index is 9.35. The van der Waals surface area contributed by atoms with Crippen LogP contribution in [0.2, 0.25) is 0 Å². The van der Waals surface area contributed by atoms with Gasteiger partial charge in [0, 0.05) is 18.4 Å². The summed E-state index contributed by atoms with van der Waals surface area (Å²) in [5, 5.41) is 9.35. The van der Waals surface area contributed by atoms with Gasteiger partial charge in [0.05, 0.1) is 11.8 Å². The number of phenols is 1. The Morgan fingerprint density at radius 3 is 2.50 bits per heavy atom. The number of allylic oxidation sites excluding steroid dienone is 1. The maximum Gasteiger partial charge on any atom is 0.115 e. The number of aromatic hydroxyl groups is 1. The Balaban J connectivity index is 1.69. The van der Waals surface area contributed by atoms with E-state index in [1.165, 1.54) is 19.3 Å². The summed E-state index contributed by atoms with van der Waals surface area (Å²) >= 11 is 0. The second-order valence-corrected chi connectivity index (χ2v) is 6.74. The molecular formula is C23H31NO2. The molecule has 1 heterocycles. The van der Waals surface area contributed by atoms with E-state index in [0.29, 0.717) is 6.10 Å². The second-order valence-electron chi connectivity index (χ2n) is 6.74. The lowest BCUT2D eigenvalue weighted by atomic mass is 10.1. The molecule has 0 amide bonds. The van der Waals surface area contributed by atoms with Gasteiger partial charge in [-0.25, -0.2) is 0 Å². The van der Waals surface area contributed by atoms with Crippen molar-refractivity contribution < 1.29 is 9.84 Å². The smallest absolute Gasteiger partial charge is 0.115 e. The van der Waals surface area contributed by atoms with Gasteiger partial charge >= 0.3 is 0 Å². The highest BCUT2D eigenvalue weighted by Crippen LogP contribution is 2.21. The average molecular weight is 354 g/mol. The highest BCUT2D eigenvalue weighted by Gasteiger charge is 2.01. The van der Waals surface area contributed by atoms with Gasteiger partial charge in [0.1, 0.15) is 5.75 Å². The molecule has 0 saturated heterocycles. The third kappa shape index (κ3) is 7.40. The van der Waals surface area contributed by atoms with Crippen molar-refractivity contribution in [3.05, 3.63) is 54.4 Å². The Hall–Kier alpha value is -2.13. The number of unbranched alkanes of at least 4 members (excludes halogenated alkanes) is 3. The molecule has 3 nitrogen and oxygen atoms in total. The van der Waals surface area contributed by atoms with E-state index in [0.717, 1.165) is 42.7 Å². The number of pyridine rings is 1. The standard InChI is InChI=1S/C23H31NO2/c1-3-4-8-17-26-19(2)9-6-5-7-10-22-14-11-21(18-24-22)20-12-15-23(25)16-13-20/h7,10-16,18-19,25H,3-6,8-9,17H2,1-2H3/b10-7+. The molecule has 1 atom stereocenters. The van der Waals surface area contributed by atoms with Crippen LogP contribution in [0.3, 0.4) is 0 Å². The van der Waals surface area contributed by atoms with Gasteiger partial charge in [0.15, 0.2) is 0 Å². The molecule has 0 aliphatic rings. The van der Waals surface area contributed by atoms with E-state index in [1.807, 2.05) is 24.4 Å². The largest absolute Gasteiger partial charge is 0.508 e. The first-order valence-electron chi connectivity index (χ1n) is 9.72. The monoisotopic (exact) mass is 353 g/mol. The number of hydrogen-bond acceptors (Lipinski definition) is 3. The molecule has 0 radical (unpaired) electrons. The highest BCUT2D eigenvalue weighted by molar-refractivity contribution is 5.64. The van der Waals surface area contributed by atoms with E-state index in [9.17, 15) is 5.11 Å². The normalized spacial score (nSPS) is 12.5. The van der Waals surface area contributed by atoms with E-state index >= 15 is 0 Å². The SMILES string of the molecule is CCCCCOC(C)CCC/C=C/c1ccc(-c2ccc(O)cc2)cn1. The molecule has 1 aromatic carbocycles. The van der Waals surface area contributed by atoms with E-state index in [2.05, 4.69) is 37.0 Å². The van der Waals surface area contributed by atoms with Crippen LogP contribution in [0.15, 0.2) is 48.7 Å². The van der Waals surface area contributed by atoms with Crippen LogP contribution < -0.4 is 0 Å². The summed E-state index contributed by atoms with van der Waals surface area (Å²) in [4.78, 5) is 4.49. The zero-order chi connectivity index (χ0) is 18.6. The highest BCUT2D eigenvalue weighted by atomic mass is 16.5. The molecule has 2 rings (SSSR count). The van der Waals surface area contributed by atoms with Gasteiger partial charge in [-0.2, -0.15) is 0 Å². The van der Waals surface area contributed by atoms with E-state index < -0.39 is 0 Å². The first-order chi connectivity index (χ1) is 12.7. The van der Waals surface area contributed by atoms with Crippen LogP contribution in [-0.4, -0.2) is 22.8 Å². The summed E-state index contributed by atoms with van der Waals surface area (Å²) in [7, 11) is 0. The molecule has 0 fully saturated rings. The average Bonchev–Trinajstić information content (AvgIpc) is 2.66. The van der Waals surface area contributed by atoms with Crippen molar-refractivity contribution in [2.75, 3.05) is 6.61 Å². The second kappa shape index (κ2) is 11.5. The topological polar surface area (TPSA) is 42.4 Å². The minimum absolute atomic E-state index is 0.280. The van der Waals surface area contributed by atoms with Crippen molar-refractivity contribution in [3.63, 3.8) is 0 Å².